The molecule has 7 rings (SSSR count). The predicted molar refractivity (Wildman–Crippen MR) is 179 cm³/mol. The van der Waals surface area contributed by atoms with E-state index in [1.807, 2.05) is 24.3 Å². The zero-order valence-electron chi connectivity index (χ0n) is 25.5. The van der Waals surface area contributed by atoms with Gasteiger partial charge in [0.2, 0.25) is 5.75 Å². The second-order valence-electron chi connectivity index (χ2n) is 11.1. The van der Waals surface area contributed by atoms with Gasteiger partial charge in [-0.3, -0.25) is 39.7 Å². The van der Waals surface area contributed by atoms with E-state index in [-0.39, 0.29) is 28.5 Å². The predicted octanol–water partition coefficient (Wildman–Crippen LogP) is 5.84. The minimum Gasteiger partial charge on any atom is -0.493 e. The lowest BCUT2D eigenvalue weighted by atomic mass is 9.83. The van der Waals surface area contributed by atoms with E-state index in [9.17, 15) is 35.1 Å². The number of allylic oxidation sites excluding steroid dienone is 1. The highest BCUT2D eigenvalue weighted by atomic mass is 32.1. The molecule has 49 heavy (non-hydrogen) atoms. The van der Waals surface area contributed by atoms with Crippen LogP contribution < -0.4 is 24.4 Å². The van der Waals surface area contributed by atoms with Crippen molar-refractivity contribution in [3.05, 3.63) is 163 Å². The maximum Gasteiger partial charge on any atom is 0.318 e. The minimum absolute atomic E-state index is 0.0801. The molecule has 0 N–H and O–H groups in total. The van der Waals surface area contributed by atoms with Crippen LogP contribution in [0, 0.1) is 30.3 Å². The summed E-state index contributed by atoms with van der Waals surface area (Å²) in [4.78, 5) is 52.0. The van der Waals surface area contributed by atoms with Gasteiger partial charge in [0, 0.05) is 23.8 Å². The standard InChI is InChI=1S/C34H23N5O9S/c1-47-29-15-19(9-13-28(29)48-27-14-11-23(38(43)44)18-26(27)39(45)46)16-30-33(40)36-32(21-6-4-7-22(17-21)37(41)42)25-12-10-20-5-2-3-8-24(20)31(25)35-34(36)49-30/h2-9,11,13-18,32H,10,12H2,1H3/b30-16+/t32-/m1/s1. The van der Waals surface area contributed by atoms with Gasteiger partial charge in [0.1, 0.15) is 0 Å². The van der Waals surface area contributed by atoms with Crippen LogP contribution in [0.1, 0.15) is 34.7 Å². The zero-order chi connectivity index (χ0) is 34.4. The Morgan fingerprint density at radius 3 is 2.35 bits per heavy atom. The van der Waals surface area contributed by atoms with Crippen molar-refractivity contribution in [3.63, 3.8) is 0 Å². The number of nitro benzene ring substituents is 3. The van der Waals surface area contributed by atoms with Crippen LogP contribution in [-0.4, -0.2) is 26.4 Å². The summed E-state index contributed by atoms with van der Waals surface area (Å²) in [6.45, 7) is 0. The summed E-state index contributed by atoms with van der Waals surface area (Å²) >= 11 is 1.18. The van der Waals surface area contributed by atoms with Crippen LogP contribution in [0.25, 0.3) is 11.8 Å². The number of non-ortho nitro benzene ring substituents is 2. The molecule has 14 nitrogen and oxygen atoms in total. The summed E-state index contributed by atoms with van der Waals surface area (Å²) in [6.07, 6.45) is 3.02. The number of aryl methyl sites for hydroxylation is 1. The molecule has 0 fully saturated rings. The summed E-state index contributed by atoms with van der Waals surface area (Å²) in [5, 5.41) is 34.4. The molecule has 2 heterocycles. The van der Waals surface area contributed by atoms with Crippen molar-refractivity contribution >= 4 is 40.2 Å². The largest absolute Gasteiger partial charge is 0.493 e. The molecule has 15 heteroatoms. The Bertz CT molecular complexity index is 2450. The monoisotopic (exact) mass is 677 g/mol. The smallest absolute Gasteiger partial charge is 0.318 e. The van der Waals surface area contributed by atoms with Crippen LogP contribution in [0.4, 0.5) is 17.1 Å². The molecule has 1 aliphatic heterocycles. The normalized spacial score (nSPS) is 15.0. The first kappa shape index (κ1) is 31.1. The Labute approximate surface area is 279 Å². The Morgan fingerprint density at radius 1 is 0.837 bits per heavy atom. The number of benzene rings is 4. The molecular formula is C34H23N5O9S. The lowest BCUT2D eigenvalue weighted by molar-refractivity contribution is -0.394. The Hall–Kier alpha value is -6.48. The van der Waals surface area contributed by atoms with Gasteiger partial charge in [-0.15, -0.1) is 0 Å². The molecule has 4 aromatic carbocycles. The lowest BCUT2D eigenvalue weighted by Crippen LogP contribution is -2.38. The van der Waals surface area contributed by atoms with Gasteiger partial charge < -0.3 is 9.47 Å². The van der Waals surface area contributed by atoms with Crippen molar-refractivity contribution in [3.8, 4) is 17.2 Å². The van der Waals surface area contributed by atoms with Crippen LogP contribution in [0.3, 0.4) is 0 Å². The number of thiazole rings is 1. The molecule has 0 saturated carbocycles. The second kappa shape index (κ2) is 12.3. The Morgan fingerprint density at radius 2 is 1.59 bits per heavy atom. The fourth-order valence-corrected chi connectivity index (χ4v) is 7.11. The molecular weight excluding hydrogens is 654 g/mol. The van der Waals surface area contributed by atoms with Crippen molar-refractivity contribution in [2.75, 3.05) is 7.11 Å². The first-order valence-electron chi connectivity index (χ1n) is 14.8. The van der Waals surface area contributed by atoms with Crippen molar-refractivity contribution in [1.82, 2.24) is 4.57 Å². The minimum atomic E-state index is -0.778. The summed E-state index contributed by atoms with van der Waals surface area (Å²) in [6, 6.07) is 21.4. The molecule has 5 aromatic rings. The maximum atomic E-state index is 14.1. The van der Waals surface area contributed by atoms with Crippen molar-refractivity contribution in [1.29, 1.82) is 0 Å². The molecule has 1 aromatic heterocycles. The summed E-state index contributed by atoms with van der Waals surface area (Å²) in [7, 11) is 1.38. The average Bonchev–Trinajstić information content (AvgIpc) is 3.41. The molecule has 0 bridgehead atoms. The molecule has 0 saturated heterocycles. The number of aromatic nitrogens is 1. The number of methoxy groups -OCH3 is 1. The van der Waals surface area contributed by atoms with Gasteiger partial charge >= 0.3 is 5.69 Å². The third-order valence-corrected chi connectivity index (χ3v) is 9.31. The Balaban J connectivity index is 1.33. The highest BCUT2D eigenvalue weighted by Gasteiger charge is 2.33. The van der Waals surface area contributed by atoms with Crippen LogP contribution in [0.2, 0.25) is 0 Å². The molecule has 0 amide bonds. The van der Waals surface area contributed by atoms with Crippen LogP contribution in [0.5, 0.6) is 17.2 Å². The first-order valence-corrected chi connectivity index (χ1v) is 15.6. The van der Waals surface area contributed by atoms with E-state index in [1.165, 1.54) is 36.6 Å². The Kier molecular flexibility index (Phi) is 7.80. The van der Waals surface area contributed by atoms with Crippen molar-refractivity contribution in [2.45, 2.75) is 18.9 Å². The number of nitro groups is 3. The fraction of sp³-hybridized carbons (Fsp3) is 0.118. The zero-order valence-corrected chi connectivity index (χ0v) is 26.3. The average molecular weight is 678 g/mol. The fourth-order valence-electron chi connectivity index (χ4n) is 6.11. The van der Waals surface area contributed by atoms with Crippen LogP contribution >= 0.6 is 11.3 Å². The number of nitrogens with zero attached hydrogens (tertiary/aromatic N) is 5. The SMILES string of the molecule is COc1cc(/C=c2/sc3n(c2=O)[C@H](c2cccc([N+](=O)[O-])c2)C2=C(N=3)c3ccccc3CC2)ccc1Oc1ccc([N+](=O)[O-])cc1[N+](=O)[O-]. The summed E-state index contributed by atoms with van der Waals surface area (Å²) < 4.78 is 13.2. The van der Waals surface area contributed by atoms with Crippen LogP contribution in [-0.2, 0) is 6.42 Å². The summed E-state index contributed by atoms with van der Waals surface area (Å²) in [5.41, 5.74) is 3.46. The second-order valence-corrected chi connectivity index (χ2v) is 12.2. The van der Waals surface area contributed by atoms with Gasteiger partial charge in [0.05, 0.1) is 44.2 Å². The van der Waals surface area contributed by atoms with E-state index in [1.54, 1.807) is 34.9 Å². The van der Waals surface area contributed by atoms with Gasteiger partial charge in [-0.2, -0.15) is 0 Å². The molecule has 0 spiro atoms. The number of fused-ring (bicyclic) bond motifs is 3. The van der Waals surface area contributed by atoms with Gasteiger partial charge in [-0.1, -0.05) is 53.8 Å². The number of ether oxygens (including phenoxy) is 2. The topological polar surface area (TPSA) is 182 Å². The molecule has 244 valence electrons. The van der Waals surface area contributed by atoms with Crippen molar-refractivity contribution in [2.24, 2.45) is 4.99 Å². The van der Waals surface area contributed by atoms with Gasteiger partial charge in [-0.05, 0) is 59.4 Å². The highest BCUT2D eigenvalue weighted by molar-refractivity contribution is 7.07. The highest BCUT2D eigenvalue weighted by Crippen LogP contribution is 2.42. The number of hydrogen-bond acceptors (Lipinski definition) is 11. The number of hydrogen-bond donors (Lipinski definition) is 0. The van der Waals surface area contributed by atoms with E-state index in [4.69, 9.17) is 14.5 Å². The first-order chi connectivity index (χ1) is 23.6. The van der Waals surface area contributed by atoms with E-state index in [0.29, 0.717) is 26.9 Å². The van der Waals surface area contributed by atoms with Gasteiger partial charge in [-0.25, -0.2) is 4.99 Å². The third-order valence-electron chi connectivity index (χ3n) is 8.33. The van der Waals surface area contributed by atoms with E-state index >= 15 is 0 Å². The van der Waals surface area contributed by atoms with Gasteiger partial charge in [0.25, 0.3) is 16.9 Å². The summed E-state index contributed by atoms with van der Waals surface area (Å²) in [5.74, 6) is 0.0763. The van der Waals surface area contributed by atoms with E-state index in [2.05, 4.69) is 0 Å². The molecule has 0 unspecified atom stereocenters. The van der Waals surface area contributed by atoms with E-state index in [0.717, 1.165) is 47.0 Å². The molecule has 0 radical (unpaired) electrons. The number of rotatable bonds is 8. The maximum absolute atomic E-state index is 14.1. The van der Waals surface area contributed by atoms with Crippen molar-refractivity contribution < 1.29 is 24.2 Å². The molecule has 2 aliphatic rings. The van der Waals surface area contributed by atoms with Gasteiger partial charge in [0.15, 0.2) is 16.3 Å². The van der Waals surface area contributed by atoms with E-state index < -0.39 is 32.2 Å². The molecule has 1 atom stereocenters. The lowest BCUT2D eigenvalue weighted by Gasteiger charge is -2.30. The van der Waals surface area contributed by atoms with Crippen LogP contribution in [0.15, 0.2) is 100 Å². The quantitative estimate of drug-likeness (QED) is 0.144. The molecule has 1 aliphatic carbocycles. The third kappa shape index (κ3) is 5.61.